The molecule has 0 aliphatic heterocycles. The highest BCUT2D eigenvalue weighted by Gasteiger charge is 2.39. The van der Waals surface area contributed by atoms with Gasteiger partial charge in [-0.1, -0.05) is 31.4 Å². The first-order valence-electron chi connectivity index (χ1n) is 9.39. The highest BCUT2D eigenvalue weighted by Crippen LogP contribution is 2.51. The van der Waals surface area contributed by atoms with Crippen LogP contribution in [0.5, 0.6) is 11.5 Å². The van der Waals surface area contributed by atoms with Gasteiger partial charge in [-0.2, -0.15) is 0 Å². The van der Waals surface area contributed by atoms with Crippen LogP contribution >= 0.6 is 0 Å². The average molecular weight is 354 g/mol. The molecular formula is C22H30N2O2. The van der Waals surface area contributed by atoms with Crippen molar-refractivity contribution in [1.82, 2.24) is 0 Å². The van der Waals surface area contributed by atoms with E-state index in [0.717, 1.165) is 47.9 Å². The van der Waals surface area contributed by atoms with Gasteiger partial charge in [0.1, 0.15) is 11.5 Å². The number of nitrogens with two attached hydrogens (primary N) is 2. The van der Waals surface area contributed by atoms with Gasteiger partial charge in [0.15, 0.2) is 0 Å². The van der Waals surface area contributed by atoms with Gasteiger partial charge < -0.3 is 21.7 Å². The van der Waals surface area contributed by atoms with Crippen molar-refractivity contribution in [3.05, 3.63) is 45.5 Å². The second-order valence-corrected chi connectivity index (χ2v) is 7.90. The number of hydrogen-bond donors (Lipinski definition) is 4. The number of nitrogen functional groups attached to an aromatic ring is 2. The third-order valence-electron chi connectivity index (χ3n) is 6.33. The summed E-state index contributed by atoms with van der Waals surface area (Å²) in [5.74, 6) is 0.352. The van der Waals surface area contributed by atoms with Crippen LogP contribution in [0.3, 0.4) is 0 Å². The van der Waals surface area contributed by atoms with E-state index in [-0.39, 0.29) is 16.9 Å². The Morgan fingerprint density at radius 3 is 1.50 bits per heavy atom. The van der Waals surface area contributed by atoms with E-state index in [4.69, 9.17) is 11.5 Å². The maximum atomic E-state index is 10.3. The number of aromatic hydroxyl groups is 2. The van der Waals surface area contributed by atoms with Crippen molar-refractivity contribution in [2.45, 2.75) is 65.2 Å². The second kappa shape index (κ2) is 6.42. The molecule has 0 spiro atoms. The Balaban J connectivity index is 2.36. The standard InChI is InChI=1S/C22H30N2O2/c1-12-10-16(14(3)18(23)20(12)25)22(8-6-5-7-9-22)17-11-13(2)21(26)19(24)15(17)4/h10-11,25-26H,5-9,23-24H2,1-4H3. The van der Waals surface area contributed by atoms with Crippen LogP contribution in [0, 0.1) is 27.7 Å². The molecule has 6 N–H and O–H groups in total. The molecule has 26 heavy (non-hydrogen) atoms. The van der Waals surface area contributed by atoms with Crippen LogP contribution in [0.15, 0.2) is 12.1 Å². The number of aryl methyl sites for hydroxylation is 2. The summed E-state index contributed by atoms with van der Waals surface area (Å²) in [7, 11) is 0. The van der Waals surface area contributed by atoms with Crippen molar-refractivity contribution >= 4 is 11.4 Å². The molecule has 4 nitrogen and oxygen atoms in total. The van der Waals surface area contributed by atoms with E-state index in [1.807, 2.05) is 27.7 Å². The molecule has 2 aromatic carbocycles. The maximum Gasteiger partial charge on any atom is 0.141 e. The molecule has 0 radical (unpaired) electrons. The Morgan fingerprint density at radius 1 is 0.731 bits per heavy atom. The minimum Gasteiger partial charge on any atom is -0.506 e. The monoisotopic (exact) mass is 354 g/mol. The molecule has 0 bridgehead atoms. The topological polar surface area (TPSA) is 92.5 Å². The summed E-state index contributed by atoms with van der Waals surface area (Å²) >= 11 is 0. The maximum absolute atomic E-state index is 10.3. The predicted octanol–water partition coefficient (Wildman–Crippen LogP) is 4.75. The van der Waals surface area contributed by atoms with Crippen molar-refractivity contribution in [2.75, 3.05) is 11.5 Å². The fraction of sp³-hybridized carbons (Fsp3) is 0.455. The van der Waals surface area contributed by atoms with E-state index in [1.165, 1.54) is 17.5 Å². The van der Waals surface area contributed by atoms with E-state index in [2.05, 4.69) is 12.1 Å². The van der Waals surface area contributed by atoms with Crippen LogP contribution in [0.1, 0.15) is 65.5 Å². The lowest BCUT2D eigenvalue weighted by molar-refractivity contribution is 0.342. The molecule has 4 heteroatoms. The van der Waals surface area contributed by atoms with Crippen LogP contribution in [0.25, 0.3) is 0 Å². The Labute approximate surface area is 155 Å². The van der Waals surface area contributed by atoms with Gasteiger partial charge in [-0.15, -0.1) is 0 Å². The van der Waals surface area contributed by atoms with Crippen LogP contribution in [0.4, 0.5) is 11.4 Å². The summed E-state index contributed by atoms with van der Waals surface area (Å²) in [6.07, 6.45) is 5.53. The smallest absolute Gasteiger partial charge is 0.141 e. The molecule has 0 atom stereocenters. The summed E-state index contributed by atoms with van der Waals surface area (Å²) in [5.41, 5.74) is 19.1. The average Bonchev–Trinajstić information content (AvgIpc) is 2.64. The van der Waals surface area contributed by atoms with Crippen molar-refractivity contribution in [3.63, 3.8) is 0 Å². The zero-order valence-corrected chi connectivity index (χ0v) is 16.2. The SMILES string of the molecule is Cc1cc(C2(c3cc(C)c(O)c(N)c3C)CCCCC2)c(C)c(N)c1O. The van der Waals surface area contributed by atoms with Gasteiger partial charge in [-0.3, -0.25) is 0 Å². The first kappa shape index (κ1) is 18.4. The van der Waals surface area contributed by atoms with E-state index >= 15 is 0 Å². The number of anilines is 2. The van der Waals surface area contributed by atoms with Gasteiger partial charge in [0.05, 0.1) is 11.4 Å². The normalized spacial score (nSPS) is 16.6. The van der Waals surface area contributed by atoms with Crippen molar-refractivity contribution < 1.29 is 10.2 Å². The highest BCUT2D eigenvalue weighted by atomic mass is 16.3. The third-order valence-corrected chi connectivity index (χ3v) is 6.33. The van der Waals surface area contributed by atoms with Crippen LogP contribution in [0.2, 0.25) is 0 Å². The van der Waals surface area contributed by atoms with Gasteiger partial charge in [-0.05, 0) is 73.9 Å². The summed E-state index contributed by atoms with van der Waals surface area (Å²) < 4.78 is 0. The molecule has 1 saturated carbocycles. The minimum absolute atomic E-state index is 0.176. The lowest BCUT2D eigenvalue weighted by Gasteiger charge is -2.41. The molecule has 1 aliphatic rings. The molecule has 0 unspecified atom stereocenters. The molecular weight excluding hydrogens is 324 g/mol. The van der Waals surface area contributed by atoms with Crippen LogP contribution < -0.4 is 11.5 Å². The Morgan fingerprint density at radius 2 is 1.12 bits per heavy atom. The molecule has 1 aliphatic carbocycles. The van der Waals surface area contributed by atoms with E-state index in [0.29, 0.717) is 11.4 Å². The Kier molecular flexibility index (Phi) is 4.55. The zero-order valence-electron chi connectivity index (χ0n) is 16.2. The summed E-state index contributed by atoms with van der Waals surface area (Å²) in [6, 6.07) is 4.17. The largest absolute Gasteiger partial charge is 0.506 e. The first-order chi connectivity index (χ1) is 12.2. The van der Waals surface area contributed by atoms with Gasteiger partial charge >= 0.3 is 0 Å². The van der Waals surface area contributed by atoms with Crippen molar-refractivity contribution in [3.8, 4) is 11.5 Å². The number of phenolic OH excluding ortho intramolecular Hbond substituents is 2. The zero-order chi connectivity index (χ0) is 19.2. The van der Waals surface area contributed by atoms with Crippen molar-refractivity contribution in [2.24, 2.45) is 0 Å². The fourth-order valence-electron chi connectivity index (χ4n) is 4.69. The fourth-order valence-corrected chi connectivity index (χ4v) is 4.69. The summed E-state index contributed by atoms with van der Waals surface area (Å²) in [5, 5.41) is 20.5. The van der Waals surface area contributed by atoms with Crippen LogP contribution in [-0.2, 0) is 5.41 Å². The van der Waals surface area contributed by atoms with Gasteiger partial charge in [0.25, 0.3) is 0 Å². The van der Waals surface area contributed by atoms with E-state index in [9.17, 15) is 10.2 Å². The molecule has 140 valence electrons. The number of benzene rings is 2. The van der Waals surface area contributed by atoms with Gasteiger partial charge in [-0.25, -0.2) is 0 Å². The third kappa shape index (κ3) is 2.59. The first-order valence-corrected chi connectivity index (χ1v) is 9.39. The Hall–Kier alpha value is -2.36. The van der Waals surface area contributed by atoms with Gasteiger partial charge in [0.2, 0.25) is 0 Å². The van der Waals surface area contributed by atoms with E-state index in [1.54, 1.807) is 0 Å². The molecule has 2 aromatic rings. The molecule has 0 amide bonds. The van der Waals surface area contributed by atoms with Crippen molar-refractivity contribution in [1.29, 1.82) is 0 Å². The van der Waals surface area contributed by atoms with Crippen LogP contribution in [-0.4, -0.2) is 10.2 Å². The van der Waals surface area contributed by atoms with Gasteiger partial charge in [0, 0.05) is 5.41 Å². The predicted molar refractivity (Wildman–Crippen MR) is 108 cm³/mol. The second-order valence-electron chi connectivity index (χ2n) is 7.90. The Bertz CT molecular complexity index is 800. The quantitative estimate of drug-likeness (QED) is 0.463. The lowest BCUT2D eigenvalue weighted by atomic mass is 9.62. The summed E-state index contributed by atoms with van der Waals surface area (Å²) in [4.78, 5) is 0. The molecule has 1 fully saturated rings. The highest BCUT2D eigenvalue weighted by molar-refractivity contribution is 5.69. The number of rotatable bonds is 2. The van der Waals surface area contributed by atoms with E-state index < -0.39 is 0 Å². The molecule has 0 aromatic heterocycles. The minimum atomic E-state index is -0.189. The molecule has 0 heterocycles. The summed E-state index contributed by atoms with van der Waals surface area (Å²) in [6.45, 7) is 7.78. The lowest BCUT2D eigenvalue weighted by Crippen LogP contribution is -2.33. The molecule has 0 saturated heterocycles. The number of hydrogen-bond acceptors (Lipinski definition) is 4. The molecule has 3 rings (SSSR count). The number of phenols is 2.